The first-order valence-corrected chi connectivity index (χ1v) is 4.77. The van der Waals surface area contributed by atoms with E-state index in [1.165, 1.54) is 12.1 Å². The zero-order chi connectivity index (χ0) is 10.4. The number of ether oxygens (including phenoxy) is 1. The van der Waals surface area contributed by atoms with Crippen molar-refractivity contribution in [1.29, 1.82) is 0 Å². The van der Waals surface area contributed by atoms with Crippen LogP contribution < -0.4 is 5.32 Å². The minimum Gasteiger partial charge on any atom is -0.375 e. The number of halogens is 1. The van der Waals surface area contributed by atoms with Gasteiger partial charge in [-0.2, -0.15) is 0 Å². The van der Waals surface area contributed by atoms with E-state index < -0.39 is 0 Å². The van der Waals surface area contributed by atoms with E-state index in [1.807, 2.05) is 6.92 Å². The highest BCUT2D eigenvalue weighted by Crippen LogP contribution is 2.15. The third kappa shape index (κ3) is 3.09. The van der Waals surface area contributed by atoms with Gasteiger partial charge in [-0.1, -0.05) is 19.1 Å². The van der Waals surface area contributed by atoms with E-state index in [9.17, 15) is 4.39 Å². The number of likely N-dealkylation sites (N-methyl/N-ethyl adjacent to an activating group) is 1. The monoisotopic (exact) mass is 197 g/mol. The molecule has 78 valence electrons. The van der Waals surface area contributed by atoms with E-state index in [1.54, 1.807) is 19.2 Å². The second kappa shape index (κ2) is 5.73. The molecule has 1 aromatic rings. The molecule has 3 heteroatoms. The van der Waals surface area contributed by atoms with E-state index in [0.717, 1.165) is 18.7 Å². The van der Waals surface area contributed by atoms with Gasteiger partial charge < -0.3 is 10.1 Å². The minimum atomic E-state index is -0.216. The van der Waals surface area contributed by atoms with Crippen molar-refractivity contribution in [3.63, 3.8) is 0 Å². The van der Waals surface area contributed by atoms with Crippen LogP contribution in [0.15, 0.2) is 24.3 Å². The molecule has 0 heterocycles. The second-order valence-corrected chi connectivity index (χ2v) is 3.08. The number of nitrogens with one attached hydrogen (secondary N) is 1. The molecule has 0 bridgehead atoms. The first-order chi connectivity index (χ1) is 6.77. The summed E-state index contributed by atoms with van der Waals surface area (Å²) in [5.41, 5.74) is 0.995. The predicted octanol–water partition coefficient (Wildman–Crippen LogP) is 2.12. The summed E-state index contributed by atoms with van der Waals surface area (Å²) >= 11 is 0. The van der Waals surface area contributed by atoms with Crippen LogP contribution in [0, 0.1) is 5.82 Å². The van der Waals surface area contributed by atoms with Crippen molar-refractivity contribution >= 4 is 0 Å². The predicted molar refractivity (Wildman–Crippen MR) is 54.7 cm³/mol. The van der Waals surface area contributed by atoms with Gasteiger partial charge in [0.2, 0.25) is 0 Å². The maximum Gasteiger partial charge on any atom is 0.123 e. The molecule has 0 amide bonds. The average Bonchev–Trinajstić information content (AvgIpc) is 2.21. The Bertz CT molecular complexity index is 260. The van der Waals surface area contributed by atoms with Gasteiger partial charge in [-0.25, -0.2) is 4.39 Å². The molecule has 0 saturated heterocycles. The summed E-state index contributed by atoms with van der Waals surface area (Å²) < 4.78 is 17.9. The number of hydrogen-bond donors (Lipinski definition) is 1. The summed E-state index contributed by atoms with van der Waals surface area (Å²) in [6.07, 6.45) is -0.00412. The van der Waals surface area contributed by atoms with E-state index in [0.29, 0.717) is 0 Å². The number of methoxy groups -OCH3 is 1. The minimum absolute atomic E-state index is 0.00412. The highest BCUT2D eigenvalue weighted by atomic mass is 19.1. The maximum absolute atomic E-state index is 12.6. The molecular formula is C11H16FNO. The largest absolute Gasteiger partial charge is 0.375 e. The van der Waals surface area contributed by atoms with E-state index in [-0.39, 0.29) is 11.9 Å². The van der Waals surface area contributed by atoms with Crippen LogP contribution in [0.2, 0.25) is 0 Å². The highest BCUT2D eigenvalue weighted by Gasteiger charge is 2.08. The van der Waals surface area contributed by atoms with Gasteiger partial charge in [-0.05, 0) is 24.2 Å². The smallest absolute Gasteiger partial charge is 0.123 e. The SMILES string of the molecule is CCNCC(OC)c1ccc(F)cc1. The summed E-state index contributed by atoms with van der Waals surface area (Å²) in [4.78, 5) is 0. The van der Waals surface area contributed by atoms with Crippen LogP contribution in [0.3, 0.4) is 0 Å². The molecule has 2 nitrogen and oxygen atoms in total. The van der Waals surface area contributed by atoms with Crippen molar-refractivity contribution < 1.29 is 9.13 Å². The van der Waals surface area contributed by atoms with Crippen molar-refractivity contribution in [2.75, 3.05) is 20.2 Å². The molecule has 0 aliphatic heterocycles. The zero-order valence-corrected chi connectivity index (χ0v) is 8.59. The molecule has 0 radical (unpaired) electrons. The average molecular weight is 197 g/mol. The lowest BCUT2D eigenvalue weighted by Crippen LogP contribution is -2.22. The molecule has 1 N–H and O–H groups in total. The quantitative estimate of drug-likeness (QED) is 0.780. The summed E-state index contributed by atoms with van der Waals surface area (Å²) in [6.45, 7) is 3.69. The molecule has 0 saturated carbocycles. The van der Waals surface area contributed by atoms with Gasteiger partial charge in [-0.3, -0.25) is 0 Å². The summed E-state index contributed by atoms with van der Waals surface area (Å²) in [5, 5.41) is 3.19. The van der Waals surface area contributed by atoms with Gasteiger partial charge in [0, 0.05) is 13.7 Å². The molecule has 14 heavy (non-hydrogen) atoms. The highest BCUT2D eigenvalue weighted by molar-refractivity contribution is 5.19. The standard InChI is InChI=1S/C11H16FNO/c1-3-13-8-11(14-2)9-4-6-10(12)7-5-9/h4-7,11,13H,3,8H2,1-2H3. The van der Waals surface area contributed by atoms with Gasteiger partial charge >= 0.3 is 0 Å². The first-order valence-electron chi connectivity index (χ1n) is 4.77. The zero-order valence-electron chi connectivity index (χ0n) is 8.59. The van der Waals surface area contributed by atoms with Crippen molar-refractivity contribution in [1.82, 2.24) is 5.32 Å². The van der Waals surface area contributed by atoms with Crippen molar-refractivity contribution in [3.05, 3.63) is 35.6 Å². The number of rotatable bonds is 5. The Morgan fingerprint density at radius 3 is 2.50 bits per heavy atom. The van der Waals surface area contributed by atoms with Gasteiger partial charge in [0.25, 0.3) is 0 Å². The van der Waals surface area contributed by atoms with E-state index >= 15 is 0 Å². The molecule has 0 aliphatic rings. The van der Waals surface area contributed by atoms with E-state index in [4.69, 9.17) is 4.74 Å². The molecule has 0 aliphatic carbocycles. The Labute approximate surface area is 84.1 Å². The maximum atomic E-state index is 12.6. The topological polar surface area (TPSA) is 21.3 Å². The lowest BCUT2D eigenvalue weighted by Gasteiger charge is -2.15. The van der Waals surface area contributed by atoms with Crippen molar-refractivity contribution in [2.45, 2.75) is 13.0 Å². The van der Waals surface area contributed by atoms with Crippen LogP contribution >= 0.6 is 0 Å². The summed E-state index contributed by atoms with van der Waals surface area (Å²) in [6, 6.07) is 6.41. The first kappa shape index (κ1) is 11.1. The number of benzene rings is 1. The molecule has 1 rings (SSSR count). The third-order valence-corrected chi connectivity index (χ3v) is 2.11. The Hall–Kier alpha value is -0.930. The fourth-order valence-corrected chi connectivity index (χ4v) is 1.29. The fourth-order valence-electron chi connectivity index (χ4n) is 1.29. The van der Waals surface area contributed by atoms with Crippen molar-refractivity contribution in [3.8, 4) is 0 Å². The summed E-state index contributed by atoms with van der Waals surface area (Å²) in [7, 11) is 1.66. The number of hydrogen-bond acceptors (Lipinski definition) is 2. The molecule has 0 aromatic heterocycles. The van der Waals surface area contributed by atoms with Gasteiger partial charge in [0.1, 0.15) is 5.82 Å². The van der Waals surface area contributed by atoms with Crippen LogP contribution in [0.4, 0.5) is 4.39 Å². The van der Waals surface area contributed by atoms with Crippen molar-refractivity contribution in [2.24, 2.45) is 0 Å². The van der Waals surface area contributed by atoms with E-state index in [2.05, 4.69) is 5.32 Å². The molecule has 1 aromatic carbocycles. The Balaban J connectivity index is 2.64. The lowest BCUT2D eigenvalue weighted by molar-refractivity contribution is 0.103. The Morgan fingerprint density at radius 2 is 2.00 bits per heavy atom. The van der Waals surface area contributed by atoms with Crippen LogP contribution in [0.5, 0.6) is 0 Å². The summed E-state index contributed by atoms with van der Waals surface area (Å²) in [5.74, 6) is -0.216. The molecule has 1 unspecified atom stereocenters. The van der Waals surface area contributed by atoms with Gasteiger partial charge in [0.05, 0.1) is 6.10 Å². The van der Waals surface area contributed by atoms with Gasteiger partial charge in [0.15, 0.2) is 0 Å². The molecular weight excluding hydrogens is 181 g/mol. The van der Waals surface area contributed by atoms with Crippen LogP contribution in [-0.2, 0) is 4.74 Å². The molecule has 1 atom stereocenters. The second-order valence-electron chi connectivity index (χ2n) is 3.08. The third-order valence-electron chi connectivity index (χ3n) is 2.11. The molecule has 0 fully saturated rings. The lowest BCUT2D eigenvalue weighted by atomic mass is 10.1. The van der Waals surface area contributed by atoms with Crippen LogP contribution in [-0.4, -0.2) is 20.2 Å². The van der Waals surface area contributed by atoms with Crippen LogP contribution in [0.1, 0.15) is 18.6 Å². The van der Waals surface area contributed by atoms with Gasteiger partial charge in [-0.15, -0.1) is 0 Å². The Morgan fingerprint density at radius 1 is 1.36 bits per heavy atom. The normalized spacial score (nSPS) is 12.8. The molecule has 0 spiro atoms. The fraction of sp³-hybridized carbons (Fsp3) is 0.455. The van der Waals surface area contributed by atoms with Crippen LogP contribution in [0.25, 0.3) is 0 Å². The Kier molecular flexibility index (Phi) is 4.56.